The van der Waals surface area contributed by atoms with E-state index in [0.29, 0.717) is 48.1 Å². The number of methoxy groups -OCH3 is 1. The Morgan fingerprint density at radius 2 is 1.76 bits per heavy atom. The summed E-state index contributed by atoms with van der Waals surface area (Å²) in [6, 6.07) is 10.1. The highest BCUT2D eigenvalue weighted by Gasteiger charge is 2.16. The maximum absolute atomic E-state index is 11.8. The fourth-order valence-electron chi connectivity index (χ4n) is 3.45. The van der Waals surface area contributed by atoms with Gasteiger partial charge in [-0.25, -0.2) is 4.89 Å². The summed E-state index contributed by atoms with van der Waals surface area (Å²) in [5, 5.41) is 29.4. The molecule has 0 spiro atoms. The van der Waals surface area contributed by atoms with Gasteiger partial charge in [0.15, 0.2) is 0 Å². The van der Waals surface area contributed by atoms with Crippen molar-refractivity contribution in [3.63, 3.8) is 0 Å². The van der Waals surface area contributed by atoms with Crippen molar-refractivity contribution in [1.82, 2.24) is 0 Å². The second kappa shape index (κ2) is 12.6. The lowest BCUT2D eigenvalue weighted by molar-refractivity contribution is -0.269. The molecule has 0 aliphatic rings. The molecule has 1 atom stereocenters. The van der Waals surface area contributed by atoms with Crippen LogP contribution in [-0.2, 0) is 22.5 Å². The smallest absolute Gasteiger partial charge is 0.150 e. The average molecular weight is 453 g/mol. The van der Waals surface area contributed by atoms with Crippen LogP contribution in [0.3, 0.4) is 0 Å². The van der Waals surface area contributed by atoms with Gasteiger partial charge >= 0.3 is 0 Å². The highest BCUT2D eigenvalue weighted by Crippen LogP contribution is 2.35. The van der Waals surface area contributed by atoms with Crippen LogP contribution in [0.5, 0.6) is 17.2 Å². The maximum atomic E-state index is 11.8. The van der Waals surface area contributed by atoms with E-state index in [2.05, 4.69) is 11.5 Å². The Labute approximate surface area is 195 Å². The first kappa shape index (κ1) is 25.9. The summed E-state index contributed by atoms with van der Waals surface area (Å²) in [5.41, 5.74) is 4.12. The number of rotatable bonds is 12. The third-order valence-corrected chi connectivity index (χ3v) is 5.52. The van der Waals surface area contributed by atoms with Gasteiger partial charge in [-0.3, -0.25) is 10.1 Å². The molecule has 0 saturated heterocycles. The van der Waals surface area contributed by atoms with E-state index in [1.807, 2.05) is 13.0 Å². The molecule has 0 aromatic heterocycles. The fraction of sp³-hybridized carbons (Fsp3) is 0.296. The van der Waals surface area contributed by atoms with Gasteiger partial charge in [-0.15, -0.1) is 0 Å². The van der Waals surface area contributed by atoms with Gasteiger partial charge in [0.2, 0.25) is 0 Å². The number of phenols is 2. The molecule has 2 aromatic rings. The van der Waals surface area contributed by atoms with Gasteiger partial charge in [0.05, 0.1) is 7.11 Å². The van der Waals surface area contributed by atoms with E-state index in [0.717, 1.165) is 23.0 Å². The van der Waals surface area contributed by atoms with Crippen LogP contribution in [0.2, 0.25) is 0 Å². The number of hydrogen-bond acceptors (Lipinski definition) is 6. The Morgan fingerprint density at radius 3 is 2.33 bits per heavy atom. The Kier molecular flexibility index (Phi) is 9.91. The second-order valence-corrected chi connectivity index (χ2v) is 8.02. The summed E-state index contributed by atoms with van der Waals surface area (Å²) < 4.78 is 5.43. The van der Waals surface area contributed by atoms with Crippen LogP contribution in [0.15, 0.2) is 66.3 Å². The topological polar surface area (TPSA) is 96.2 Å². The molecule has 33 heavy (non-hydrogen) atoms. The molecule has 1 unspecified atom stereocenters. The number of benzene rings is 2. The summed E-state index contributed by atoms with van der Waals surface area (Å²) in [4.78, 5) is 16.3. The molecular formula is C27H32O6. The SMILES string of the molecule is C=C(C)C(CCC(C)=CCc1c(OC)ccc(C(C=O)=CCc2ccc(O)cc2)c1O)OO. The normalized spacial score (nSPS) is 13.0. The van der Waals surface area contributed by atoms with Crippen LogP contribution < -0.4 is 4.74 Å². The lowest BCUT2D eigenvalue weighted by Gasteiger charge is -2.15. The van der Waals surface area contributed by atoms with Crippen molar-refractivity contribution in [1.29, 1.82) is 0 Å². The lowest BCUT2D eigenvalue weighted by Crippen LogP contribution is -2.11. The molecule has 0 bridgehead atoms. The van der Waals surface area contributed by atoms with Crippen molar-refractivity contribution < 1.29 is 29.9 Å². The molecule has 0 saturated carbocycles. The number of aldehydes is 1. The van der Waals surface area contributed by atoms with E-state index in [1.165, 1.54) is 7.11 Å². The zero-order chi connectivity index (χ0) is 24.4. The van der Waals surface area contributed by atoms with Gasteiger partial charge < -0.3 is 14.9 Å². The minimum Gasteiger partial charge on any atom is -0.508 e. The predicted molar refractivity (Wildman–Crippen MR) is 130 cm³/mol. The van der Waals surface area contributed by atoms with Crippen molar-refractivity contribution in [2.24, 2.45) is 0 Å². The van der Waals surface area contributed by atoms with Gasteiger partial charge in [0.1, 0.15) is 29.6 Å². The summed E-state index contributed by atoms with van der Waals surface area (Å²) in [7, 11) is 1.53. The van der Waals surface area contributed by atoms with E-state index >= 15 is 0 Å². The van der Waals surface area contributed by atoms with Crippen molar-refractivity contribution in [3.8, 4) is 17.2 Å². The predicted octanol–water partition coefficient (Wildman–Crippen LogP) is 5.63. The molecule has 6 nitrogen and oxygen atoms in total. The third kappa shape index (κ3) is 7.34. The van der Waals surface area contributed by atoms with E-state index in [1.54, 1.807) is 49.4 Å². The van der Waals surface area contributed by atoms with Crippen LogP contribution in [0.4, 0.5) is 0 Å². The molecule has 0 heterocycles. The molecule has 6 heteroatoms. The molecule has 0 aliphatic carbocycles. The van der Waals surface area contributed by atoms with Gasteiger partial charge in [-0.1, -0.05) is 36.4 Å². The first-order valence-corrected chi connectivity index (χ1v) is 10.7. The summed E-state index contributed by atoms with van der Waals surface area (Å²) in [6.07, 6.45) is 6.20. The van der Waals surface area contributed by atoms with E-state index in [-0.39, 0.29) is 11.5 Å². The van der Waals surface area contributed by atoms with Gasteiger partial charge in [0, 0.05) is 16.7 Å². The Morgan fingerprint density at radius 1 is 1.06 bits per heavy atom. The quantitative estimate of drug-likeness (QED) is 0.127. The number of allylic oxidation sites excluding steroid dienone is 4. The minimum atomic E-state index is -0.423. The molecule has 0 aliphatic heterocycles. The largest absolute Gasteiger partial charge is 0.508 e. The van der Waals surface area contributed by atoms with Crippen LogP contribution in [0, 0.1) is 0 Å². The molecular weight excluding hydrogens is 420 g/mol. The van der Waals surface area contributed by atoms with Crippen molar-refractivity contribution in [2.75, 3.05) is 7.11 Å². The van der Waals surface area contributed by atoms with Crippen LogP contribution in [0.1, 0.15) is 43.4 Å². The highest BCUT2D eigenvalue weighted by atomic mass is 17.1. The summed E-state index contributed by atoms with van der Waals surface area (Å²) in [5.74, 6) is 0.710. The van der Waals surface area contributed by atoms with E-state index in [9.17, 15) is 15.0 Å². The average Bonchev–Trinajstić information content (AvgIpc) is 2.80. The lowest BCUT2D eigenvalue weighted by atomic mass is 9.96. The van der Waals surface area contributed by atoms with Gasteiger partial charge in [-0.2, -0.15) is 0 Å². The first-order chi connectivity index (χ1) is 15.8. The van der Waals surface area contributed by atoms with Crippen molar-refractivity contribution in [2.45, 2.75) is 45.6 Å². The molecule has 2 rings (SSSR count). The minimum absolute atomic E-state index is 0.000889. The molecule has 3 N–H and O–H groups in total. The molecule has 0 amide bonds. The first-order valence-electron chi connectivity index (χ1n) is 10.7. The Bertz CT molecular complexity index is 1020. The third-order valence-electron chi connectivity index (χ3n) is 5.52. The molecule has 2 aromatic carbocycles. The number of phenolic OH excluding ortho intramolecular Hbond substituents is 2. The number of hydrogen-bond donors (Lipinski definition) is 3. The summed E-state index contributed by atoms with van der Waals surface area (Å²) >= 11 is 0. The van der Waals surface area contributed by atoms with Crippen LogP contribution in [0.25, 0.3) is 5.57 Å². The highest BCUT2D eigenvalue weighted by molar-refractivity contribution is 6.08. The molecule has 0 fully saturated rings. The number of carbonyl (C=O) groups is 1. The van der Waals surface area contributed by atoms with E-state index < -0.39 is 6.10 Å². The Balaban J connectivity index is 2.25. The van der Waals surface area contributed by atoms with E-state index in [4.69, 9.17) is 9.99 Å². The number of carbonyl (C=O) groups excluding carboxylic acids is 1. The number of aromatic hydroxyl groups is 2. The standard InChI is InChI=1S/C27H32O6/c1-18(2)25(33-31)15-6-19(3)5-13-24-26(32-4)16-14-23(27(24)30)21(17-28)10-7-20-8-11-22(29)12-9-20/h5,8-12,14,16-17,25,29-31H,1,6-7,13,15H2,2-4H3. The van der Waals surface area contributed by atoms with Crippen LogP contribution >= 0.6 is 0 Å². The fourth-order valence-corrected chi connectivity index (χ4v) is 3.45. The second-order valence-electron chi connectivity index (χ2n) is 8.02. The zero-order valence-corrected chi connectivity index (χ0v) is 19.4. The number of ether oxygens (including phenoxy) is 1. The van der Waals surface area contributed by atoms with Crippen molar-refractivity contribution >= 4 is 11.9 Å². The van der Waals surface area contributed by atoms with Gasteiger partial charge in [-0.05, 0) is 74.9 Å². The van der Waals surface area contributed by atoms with Gasteiger partial charge in [0.25, 0.3) is 0 Å². The summed E-state index contributed by atoms with van der Waals surface area (Å²) in [6.45, 7) is 7.57. The monoisotopic (exact) mass is 452 g/mol. The maximum Gasteiger partial charge on any atom is 0.150 e. The Hall–Kier alpha value is -3.35. The molecule has 176 valence electrons. The van der Waals surface area contributed by atoms with Crippen molar-refractivity contribution in [3.05, 3.63) is 83.0 Å². The zero-order valence-electron chi connectivity index (χ0n) is 19.4. The molecule has 0 radical (unpaired) electrons. The van der Waals surface area contributed by atoms with Crippen LogP contribution in [-0.4, -0.2) is 35.0 Å².